The predicted molar refractivity (Wildman–Crippen MR) is 139 cm³/mol. The van der Waals surface area contributed by atoms with Crippen LogP contribution >= 0.6 is 11.3 Å². The summed E-state index contributed by atoms with van der Waals surface area (Å²) in [6, 6.07) is 10.0. The Balaban J connectivity index is 1.49. The third-order valence-corrected chi connectivity index (χ3v) is 7.37. The van der Waals surface area contributed by atoms with E-state index in [9.17, 15) is 4.79 Å². The lowest BCUT2D eigenvalue weighted by atomic mass is 10.0. The second-order valence-electron chi connectivity index (χ2n) is 9.07. The molecule has 0 bridgehead atoms. The van der Waals surface area contributed by atoms with Gasteiger partial charge in [0.15, 0.2) is 0 Å². The van der Waals surface area contributed by atoms with Gasteiger partial charge in [0, 0.05) is 10.4 Å². The van der Waals surface area contributed by atoms with E-state index < -0.39 is 5.91 Å². The summed E-state index contributed by atoms with van der Waals surface area (Å²) in [6.07, 6.45) is 22.8. The number of unbranched alkanes of at least 4 members (excludes halogenated alkanes) is 15. The normalized spacial score (nSPS) is 11.2. The van der Waals surface area contributed by atoms with Crippen molar-refractivity contribution in [2.75, 3.05) is 0 Å². The number of nitrogens with two attached hydrogens (primary N) is 1. The van der Waals surface area contributed by atoms with Gasteiger partial charge >= 0.3 is 0 Å². The highest BCUT2D eigenvalue weighted by atomic mass is 32.1. The first kappa shape index (κ1) is 26.6. The van der Waals surface area contributed by atoms with Gasteiger partial charge in [-0.2, -0.15) is 0 Å². The van der Waals surface area contributed by atoms with Gasteiger partial charge < -0.3 is 5.73 Å². The van der Waals surface area contributed by atoms with E-state index in [1.165, 1.54) is 96.3 Å². The molecule has 0 aliphatic rings. The van der Waals surface area contributed by atoms with Crippen molar-refractivity contribution < 1.29 is 4.79 Å². The van der Waals surface area contributed by atoms with E-state index in [0.717, 1.165) is 28.3 Å². The first-order chi connectivity index (χ1) is 15.7. The molecule has 0 atom stereocenters. The monoisotopic (exact) mass is 456 g/mol. The summed E-state index contributed by atoms with van der Waals surface area (Å²) in [5.41, 5.74) is 7.09. The molecule has 1 aromatic carbocycles. The summed E-state index contributed by atoms with van der Waals surface area (Å²) in [4.78, 5) is 17.4. The van der Waals surface area contributed by atoms with Crippen LogP contribution in [-0.4, -0.2) is 10.9 Å². The predicted octanol–water partition coefficient (Wildman–Crippen LogP) is 8.71. The zero-order valence-corrected chi connectivity index (χ0v) is 21.1. The van der Waals surface area contributed by atoms with Gasteiger partial charge in [-0.3, -0.25) is 4.79 Å². The smallest absolute Gasteiger partial charge is 0.268 e. The number of hydrogen-bond donors (Lipinski definition) is 1. The van der Waals surface area contributed by atoms with Crippen LogP contribution in [0.2, 0.25) is 0 Å². The number of nitrogens with zero attached hydrogens (tertiary/aromatic N) is 1. The first-order valence-corrected chi connectivity index (χ1v) is 13.9. The number of benzene rings is 1. The van der Waals surface area contributed by atoms with Gasteiger partial charge in [0.2, 0.25) is 0 Å². The molecule has 0 saturated carbocycles. The molecule has 2 aromatic rings. The van der Waals surface area contributed by atoms with Crippen LogP contribution in [0.15, 0.2) is 30.3 Å². The number of hydrogen-bond acceptors (Lipinski definition) is 3. The molecule has 2 N–H and O–H groups in total. The summed E-state index contributed by atoms with van der Waals surface area (Å²) in [5, 5.41) is 0.894. The molecule has 32 heavy (non-hydrogen) atoms. The minimum Gasteiger partial charge on any atom is -0.364 e. The van der Waals surface area contributed by atoms with Crippen LogP contribution in [0, 0.1) is 0 Å². The second-order valence-corrected chi connectivity index (χ2v) is 10.2. The number of carbonyl (C=O) groups is 1. The van der Waals surface area contributed by atoms with Crippen LogP contribution in [0.25, 0.3) is 10.6 Å². The Kier molecular flexibility index (Phi) is 14.0. The molecule has 0 radical (unpaired) electrons. The fraction of sp³-hybridized carbons (Fsp3) is 0.643. The Labute approximate surface area is 200 Å². The Morgan fingerprint density at radius 2 is 1.22 bits per heavy atom. The molecule has 178 valence electrons. The molecule has 1 aromatic heterocycles. The number of thiazole rings is 1. The third-order valence-electron chi connectivity index (χ3n) is 6.21. The van der Waals surface area contributed by atoms with Crippen molar-refractivity contribution in [3.05, 3.63) is 40.9 Å². The first-order valence-electron chi connectivity index (χ1n) is 13.1. The van der Waals surface area contributed by atoms with Gasteiger partial charge in [-0.25, -0.2) is 4.98 Å². The average Bonchev–Trinajstić information content (AvgIpc) is 3.24. The van der Waals surface area contributed by atoms with E-state index in [1.54, 1.807) is 11.3 Å². The van der Waals surface area contributed by atoms with Crippen LogP contribution in [-0.2, 0) is 6.42 Å². The zero-order chi connectivity index (χ0) is 22.9. The fourth-order valence-electron chi connectivity index (χ4n) is 4.25. The summed E-state index contributed by atoms with van der Waals surface area (Å²) in [6.45, 7) is 2.28. The maximum atomic E-state index is 11.8. The molecule has 4 heteroatoms. The lowest BCUT2D eigenvalue weighted by Crippen LogP contribution is -2.13. The van der Waals surface area contributed by atoms with Crippen LogP contribution < -0.4 is 5.73 Å². The Hall–Kier alpha value is -1.68. The number of amides is 1. The molecule has 1 amide bonds. The number of carbonyl (C=O) groups excluding carboxylic acids is 1. The molecular formula is C28H44N2OS. The van der Waals surface area contributed by atoms with Crippen LogP contribution in [0.4, 0.5) is 0 Å². The number of primary amides is 1. The molecular weight excluding hydrogens is 412 g/mol. The molecule has 0 aliphatic carbocycles. The maximum absolute atomic E-state index is 11.8. The summed E-state index contributed by atoms with van der Waals surface area (Å²) in [7, 11) is 0. The molecule has 3 nitrogen and oxygen atoms in total. The average molecular weight is 457 g/mol. The van der Waals surface area contributed by atoms with Crippen molar-refractivity contribution in [2.24, 2.45) is 5.73 Å². The molecule has 2 rings (SSSR count). The van der Waals surface area contributed by atoms with Crippen molar-refractivity contribution >= 4 is 17.2 Å². The molecule has 0 fully saturated rings. The topological polar surface area (TPSA) is 56.0 Å². The largest absolute Gasteiger partial charge is 0.364 e. The van der Waals surface area contributed by atoms with E-state index >= 15 is 0 Å². The van der Waals surface area contributed by atoms with Gasteiger partial charge in [0.25, 0.3) is 5.91 Å². The van der Waals surface area contributed by atoms with E-state index in [4.69, 9.17) is 5.73 Å². The fourth-order valence-corrected chi connectivity index (χ4v) is 5.37. The second kappa shape index (κ2) is 16.9. The van der Waals surface area contributed by atoms with Gasteiger partial charge in [0.1, 0.15) is 10.7 Å². The SMILES string of the molecule is CCCCCCCCCCCCCCCCCCc1sc(-c2ccccc2)nc1C(N)=O. The Morgan fingerprint density at radius 1 is 0.750 bits per heavy atom. The Morgan fingerprint density at radius 3 is 1.69 bits per heavy atom. The van der Waals surface area contributed by atoms with Crippen molar-refractivity contribution in [3.63, 3.8) is 0 Å². The third kappa shape index (κ3) is 10.8. The Bertz CT molecular complexity index is 741. The van der Waals surface area contributed by atoms with E-state index in [1.807, 2.05) is 30.3 Å². The summed E-state index contributed by atoms with van der Waals surface area (Å²) >= 11 is 1.62. The van der Waals surface area contributed by atoms with E-state index in [2.05, 4.69) is 11.9 Å². The van der Waals surface area contributed by atoms with E-state index in [0.29, 0.717) is 5.69 Å². The van der Waals surface area contributed by atoms with Crippen molar-refractivity contribution in [1.29, 1.82) is 0 Å². The van der Waals surface area contributed by atoms with Crippen molar-refractivity contribution in [3.8, 4) is 10.6 Å². The highest BCUT2D eigenvalue weighted by Gasteiger charge is 2.16. The van der Waals surface area contributed by atoms with Crippen LogP contribution in [0.5, 0.6) is 0 Å². The standard InChI is InChI=1S/C28H44N2OS/c1-2-3-4-5-6-7-8-9-10-11-12-13-14-15-16-20-23-25-26(27(29)31)30-28(32-25)24-21-18-17-19-22-24/h17-19,21-22H,2-16,20,23H2,1H3,(H2,29,31). The van der Waals surface area contributed by atoms with Crippen LogP contribution in [0.1, 0.15) is 125 Å². The molecule has 0 unspecified atom stereocenters. The number of rotatable bonds is 19. The lowest BCUT2D eigenvalue weighted by Gasteiger charge is -2.03. The maximum Gasteiger partial charge on any atom is 0.268 e. The van der Waals surface area contributed by atoms with Gasteiger partial charge in [-0.15, -0.1) is 11.3 Å². The number of aromatic nitrogens is 1. The highest BCUT2D eigenvalue weighted by Crippen LogP contribution is 2.29. The molecule has 0 aliphatic heterocycles. The molecule has 1 heterocycles. The minimum absolute atomic E-state index is 0.407. The van der Waals surface area contributed by atoms with Gasteiger partial charge in [-0.1, -0.05) is 134 Å². The van der Waals surface area contributed by atoms with Crippen molar-refractivity contribution in [2.45, 2.75) is 116 Å². The number of aryl methyl sites for hydroxylation is 1. The highest BCUT2D eigenvalue weighted by molar-refractivity contribution is 7.15. The van der Waals surface area contributed by atoms with Crippen LogP contribution in [0.3, 0.4) is 0 Å². The molecule has 0 saturated heterocycles. The minimum atomic E-state index is -0.407. The lowest BCUT2D eigenvalue weighted by molar-refractivity contribution is 0.0995. The van der Waals surface area contributed by atoms with E-state index in [-0.39, 0.29) is 0 Å². The van der Waals surface area contributed by atoms with Gasteiger partial charge in [0.05, 0.1) is 0 Å². The quantitative estimate of drug-likeness (QED) is 0.215. The summed E-state index contributed by atoms with van der Waals surface area (Å²) in [5.74, 6) is -0.407. The molecule has 0 spiro atoms. The summed E-state index contributed by atoms with van der Waals surface area (Å²) < 4.78 is 0. The van der Waals surface area contributed by atoms with Gasteiger partial charge in [-0.05, 0) is 12.8 Å². The zero-order valence-electron chi connectivity index (χ0n) is 20.2. The van der Waals surface area contributed by atoms with Crippen molar-refractivity contribution in [1.82, 2.24) is 4.98 Å².